The topological polar surface area (TPSA) is 43.1 Å². The molecule has 0 saturated heterocycles. The first kappa shape index (κ1) is 7.22. The van der Waals surface area contributed by atoms with Gasteiger partial charge in [-0.15, -0.1) is 0 Å². The van der Waals surface area contributed by atoms with E-state index in [-0.39, 0.29) is 4.75 Å². The number of rotatable bonds is 2. The maximum atomic E-state index is 11.0. The third-order valence-corrected chi connectivity index (χ3v) is 4.04. The molecule has 0 aliphatic heterocycles. The van der Waals surface area contributed by atoms with Crippen molar-refractivity contribution in [3.63, 3.8) is 0 Å². The minimum atomic E-state index is -0.707. The van der Waals surface area contributed by atoms with Gasteiger partial charge in [0, 0.05) is 23.6 Å². The standard InChI is InChI=1S/C6H13NOS/c1-9(8)6(5-7)3-2-4-6/h2-5,7H2,1H3. The highest BCUT2D eigenvalue weighted by molar-refractivity contribution is 7.85. The van der Waals surface area contributed by atoms with Gasteiger partial charge in [0.15, 0.2) is 0 Å². The molecule has 0 radical (unpaired) electrons. The molecule has 0 aromatic carbocycles. The summed E-state index contributed by atoms with van der Waals surface area (Å²) in [4.78, 5) is 0. The van der Waals surface area contributed by atoms with E-state index in [1.54, 1.807) is 6.26 Å². The van der Waals surface area contributed by atoms with Crippen molar-refractivity contribution in [2.24, 2.45) is 5.73 Å². The fraction of sp³-hybridized carbons (Fsp3) is 1.00. The van der Waals surface area contributed by atoms with E-state index in [0.717, 1.165) is 12.8 Å². The first-order chi connectivity index (χ1) is 4.21. The number of hydrogen-bond donors (Lipinski definition) is 1. The van der Waals surface area contributed by atoms with Crippen LogP contribution in [-0.4, -0.2) is 21.8 Å². The third kappa shape index (κ3) is 1.03. The second-order valence-electron chi connectivity index (χ2n) is 2.69. The quantitative estimate of drug-likeness (QED) is 0.608. The van der Waals surface area contributed by atoms with Crippen molar-refractivity contribution < 1.29 is 4.21 Å². The molecule has 0 aromatic heterocycles. The molecular formula is C6H13NOS. The van der Waals surface area contributed by atoms with E-state index >= 15 is 0 Å². The molecule has 0 amide bonds. The molecule has 1 aliphatic rings. The Morgan fingerprint density at radius 2 is 2.22 bits per heavy atom. The molecule has 2 N–H and O–H groups in total. The number of hydrogen-bond acceptors (Lipinski definition) is 2. The zero-order valence-electron chi connectivity index (χ0n) is 5.72. The number of nitrogens with two attached hydrogens (primary N) is 1. The van der Waals surface area contributed by atoms with Gasteiger partial charge in [-0.3, -0.25) is 4.21 Å². The van der Waals surface area contributed by atoms with Crippen molar-refractivity contribution in [3.8, 4) is 0 Å². The molecular weight excluding hydrogens is 134 g/mol. The normalized spacial score (nSPS) is 26.9. The lowest BCUT2D eigenvalue weighted by molar-refractivity contribution is 0.360. The Balaban J connectivity index is 2.57. The van der Waals surface area contributed by atoms with Gasteiger partial charge in [0.2, 0.25) is 0 Å². The van der Waals surface area contributed by atoms with Crippen LogP contribution in [0.2, 0.25) is 0 Å². The summed E-state index contributed by atoms with van der Waals surface area (Å²) in [5.74, 6) is 0. The second-order valence-corrected chi connectivity index (χ2v) is 4.47. The minimum absolute atomic E-state index is 0.0139. The van der Waals surface area contributed by atoms with Crippen molar-refractivity contribution in [1.29, 1.82) is 0 Å². The Labute approximate surface area is 58.3 Å². The molecule has 1 aliphatic carbocycles. The van der Waals surface area contributed by atoms with E-state index in [9.17, 15) is 4.21 Å². The fourth-order valence-electron chi connectivity index (χ4n) is 1.18. The Morgan fingerprint density at radius 1 is 1.67 bits per heavy atom. The molecule has 1 fully saturated rings. The van der Waals surface area contributed by atoms with Crippen molar-refractivity contribution in [2.45, 2.75) is 24.0 Å². The Bertz CT molecular complexity index is 126. The van der Waals surface area contributed by atoms with Gasteiger partial charge in [-0.2, -0.15) is 0 Å². The molecule has 54 valence electrons. The van der Waals surface area contributed by atoms with Gasteiger partial charge in [-0.25, -0.2) is 0 Å². The molecule has 0 heterocycles. The van der Waals surface area contributed by atoms with Crippen LogP contribution in [0.3, 0.4) is 0 Å². The van der Waals surface area contributed by atoms with Gasteiger partial charge in [0.1, 0.15) is 0 Å². The Hall–Kier alpha value is 0.110. The van der Waals surface area contributed by atoms with Gasteiger partial charge >= 0.3 is 0 Å². The SMILES string of the molecule is CS(=O)C1(CN)CCC1. The summed E-state index contributed by atoms with van der Waals surface area (Å²) in [6.45, 7) is 0.593. The summed E-state index contributed by atoms with van der Waals surface area (Å²) in [7, 11) is -0.707. The van der Waals surface area contributed by atoms with E-state index in [1.807, 2.05) is 0 Å². The molecule has 9 heavy (non-hydrogen) atoms. The average molecular weight is 147 g/mol. The van der Waals surface area contributed by atoms with Crippen LogP contribution in [0.4, 0.5) is 0 Å². The largest absolute Gasteiger partial charge is 0.329 e. The summed E-state index contributed by atoms with van der Waals surface area (Å²) in [6.07, 6.45) is 5.09. The van der Waals surface area contributed by atoms with Crippen molar-refractivity contribution in [3.05, 3.63) is 0 Å². The van der Waals surface area contributed by atoms with Crippen LogP contribution in [0.5, 0.6) is 0 Å². The Morgan fingerprint density at radius 3 is 2.22 bits per heavy atom. The van der Waals surface area contributed by atoms with Crippen LogP contribution in [0.25, 0.3) is 0 Å². The molecule has 0 bridgehead atoms. The van der Waals surface area contributed by atoms with Crippen molar-refractivity contribution in [1.82, 2.24) is 0 Å². The smallest absolute Gasteiger partial charge is 0.0578 e. The molecule has 0 aromatic rings. The molecule has 0 spiro atoms. The monoisotopic (exact) mass is 147 g/mol. The highest BCUT2D eigenvalue weighted by Crippen LogP contribution is 2.35. The van der Waals surface area contributed by atoms with Crippen molar-refractivity contribution >= 4 is 10.8 Å². The maximum absolute atomic E-state index is 11.0. The van der Waals surface area contributed by atoms with Crippen LogP contribution < -0.4 is 5.73 Å². The van der Waals surface area contributed by atoms with Gasteiger partial charge in [-0.05, 0) is 12.8 Å². The summed E-state index contributed by atoms with van der Waals surface area (Å²) in [5, 5.41) is 0. The highest BCUT2D eigenvalue weighted by Gasteiger charge is 2.39. The lowest BCUT2D eigenvalue weighted by Crippen LogP contribution is -2.47. The second kappa shape index (κ2) is 2.39. The molecule has 2 nitrogen and oxygen atoms in total. The lowest BCUT2D eigenvalue weighted by atomic mass is 9.84. The van der Waals surface area contributed by atoms with Gasteiger partial charge < -0.3 is 5.73 Å². The summed E-state index contributed by atoms with van der Waals surface area (Å²) in [5.41, 5.74) is 5.48. The van der Waals surface area contributed by atoms with Crippen molar-refractivity contribution in [2.75, 3.05) is 12.8 Å². The summed E-state index contributed by atoms with van der Waals surface area (Å²) >= 11 is 0. The molecule has 1 atom stereocenters. The van der Waals surface area contributed by atoms with Crippen LogP contribution in [0.1, 0.15) is 19.3 Å². The Kier molecular flexibility index (Phi) is 1.91. The van der Waals surface area contributed by atoms with E-state index in [0.29, 0.717) is 6.54 Å². The van der Waals surface area contributed by atoms with Gasteiger partial charge in [-0.1, -0.05) is 6.42 Å². The molecule has 1 rings (SSSR count). The first-order valence-electron chi connectivity index (χ1n) is 3.25. The maximum Gasteiger partial charge on any atom is 0.0578 e. The lowest BCUT2D eigenvalue weighted by Gasteiger charge is -2.38. The third-order valence-electron chi connectivity index (χ3n) is 2.25. The van der Waals surface area contributed by atoms with Gasteiger partial charge in [0.05, 0.1) is 4.75 Å². The van der Waals surface area contributed by atoms with E-state index < -0.39 is 10.8 Å². The molecule has 1 unspecified atom stereocenters. The zero-order chi connectivity index (χ0) is 6.91. The first-order valence-corrected chi connectivity index (χ1v) is 4.81. The minimum Gasteiger partial charge on any atom is -0.329 e. The predicted molar refractivity (Wildman–Crippen MR) is 39.7 cm³/mol. The highest BCUT2D eigenvalue weighted by atomic mass is 32.2. The van der Waals surface area contributed by atoms with Crippen LogP contribution in [0, 0.1) is 0 Å². The summed E-state index contributed by atoms with van der Waals surface area (Å²) in [6, 6.07) is 0. The van der Waals surface area contributed by atoms with Crippen LogP contribution in [0.15, 0.2) is 0 Å². The van der Waals surface area contributed by atoms with E-state index in [4.69, 9.17) is 5.73 Å². The average Bonchev–Trinajstić information content (AvgIpc) is 1.62. The van der Waals surface area contributed by atoms with Gasteiger partial charge in [0.25, 0.3) is 0 Å². The zero-order valence-corrected chi connectivity index (χ0v) is 6.54. The summed E-state index contributed by atoms with van der Waals surface area (Å²) < 4.78 is 11.0. The van der Waals surface area contributed by atoms with E-state index in [1.165, 1.54) is 6.42 Å². The fourth-order valence-corrected chi connectivity index (χ4v) is 2.28. The molecule has 1 saturated carbocycles. The molecule has 3 heteroatoms. The van der Waals surface area contributed by atoms with Crippen LogP contribution >= 0.6 is 0 Å². The van der Waals surface area contributed by atoms with E-state index in [2.05, 4.69) is 0 Å². The predicted octanol–water partition coefficient (Wildman–Crippen LogP) is 0.246. The van der Waals surface area contributed by atoms with Crippen LogP contribution in [-0.2, 0) is 10.8 Å².